The highest BCUT2D eigenvalue weighted by molar-refractivity contribution is 5.93. The third kappa shape index (κ3) is 6.68. The van der Waals surface area contributed by atoms with Gasteiger partial charge >= 0.3 is 6.18 Å². The van der Waals surface area contributed by atoms with Crippen LogP contribution < -0.4 is 10.6 Å². The zero-order chi connectivity index (χ0) is 23.3. The molecule has 2 aliphatic rings. The van der Waals surface area contributed by atoms with E-state index in [0.29, 0.717) is 44.6 Å². The van der Waals surface area contributed by atoms with Crippen molar-refractivity contribution in [1.82, 2.24) is 15.1 Å². The molecule has 1 saturated carbocycles. The Morgan fingerprint density at radius 3 is 2.19 bits per heavy atom. The molecule has 3 rings (SSSR count). The van der Waals surface area contributed by atoms with E-state index in [0.717, 1.165) is 18.9 Å². The Morgan fingerprint density at radius 1 is 0.969 bits per heavy atom. The van der Waals surface area contributed by atoms with E-state index in [4.69, 9.17) is 0 Å². The van der Waals surface area contributed by atoms with Crippen LogP contribution in [0.1, 0.15) is 38.7 Å². The summed E-state index contributed by atoms with van der Waals surface area (Å²) in [6.45, 7) is 7.22. The number of nitrogens with one attached hydrogen (secondary N) is 2. The number of nitrogens with zero attached hydrogens (tertiary/aromatic N) is 2. The van der Waals surface area contributed by atoms with Crippen molar-refractivity contribution in [2.45, 2.75) is 45.3 Å². The molecule has 2 N–H and O–H groups in total. The van der Waals surface area contributed by atoms with Crippen LogP contribution in [0.15, 0.2) is 24.3 Å². The summed E-state index contributed by atoms with van der Waals surface area (Å²) >= 11 is 0. The molecule has 2 amide bonds. The smallest absolute Gasteiger partial charge is 0.352 e. The van der Waals surface area contributed by atoms with Crippen molar-refractivity contribution in [2.24, 2.45) is 11.8 Å². The van der Waals surface area contributed by atoms with Crippen molar-refractivity contribution in [3.8, 4) is 0 Å². The maximum Gasteiger partial charge on any atom is 0.418 e. The third-order valence-corrected chi connectivity index (χ3v) is 6.76. The molecule has 0 radical (unpaired) electrons. The van der Waals surface area contributed by atoms with Crippen LogP contribution in [0.25, 0.3) is 0 Å². The molecule has 178 valence electrons. The number of hydrogen-bond donors (Lipinski definition) is 2. The molecule has 0 spiro atoms. The van der Waals surface area contributed by atoms with Gasteiger partial charge in [0.1, 0.15) is 0 Å². The molecule has 1 heterocycles. The van der Waals surface area contributed by atoms with Gasteiger partial charge in [-0.1, -0.05) is 38.8 Å². The highest BCUT2D eigenvalue weighted by Crippen LogP contribution is 2.34. The van der Waals surface area contributed by atoms with Crippen molar-refractivity contribution in [3.05, 3.63) is 29.8 Å². The van der Waals surface area contributed by atoms with Crippen LogP contribution in [0.3, 0.4) is 0 Å². The van der Waals surface area contributed by atoms with E-state index >= 15 is 0 Å². The van der Waals surface area contributed by atoms with Crippen molar-refractivity contribution >= 4 is 17.5 Å². The van der Waals surface area contributed by atoms with Gasteiger partial charge in [-0.25, -0.2) is 0 Å². The van der Waals surface area contributed by atoms with Gasteiger partial charge in [0.2, 0.25) is 11.8 Å². The lowest BCUT2D eigenvalue weighted by molar-refractivity contribution is -0.137. The van der Waals surface area contributed by atoms with E-state index in [1.165, 1.54) is 24.6 Å². The summed E-state index contributed by atoms with van der Waals surface area (Å²) in [4.78, 5) is 28.7. The van der Waals surface area contributed by atoms with Gasteiger partial charge in [-0.05, 0) is 30.4 Å². The zero-order valence-corrected chi connectivity index (χ0v) is 18.8. The van der Waals surface area contributed by atoms with Crippen LogP contribution in [0.4, 0.5) is 18.9 Å². The lowest BCUT2D eigenvalue weighted by atomic mass is 9.78. The second-order valence-electron chi connectivity index (χ2n) is 9.09. The summed E-state index contributed by atoms with van der Waals surface area (Å²) < 4.78 is 39.3. The highest BCUT2D eigenvalue weighted by atomic mass is 19.4. The minimum Gasteiger partial charge on any atom is -0.352 e. The van der Waals surface area contributed by atoms with Gasteiger partial charge in [-0.15, -0.1) is 0 Å². The van der Waals surface area contributed by atoms with E-state index in [9.17, 15) is 22.8 Å². The molecule has 1 aliphatic heterocycles. The van der Waals surface area contributed by atoms with Gasteiger partial charge in [-0.3, -0.25) is 19.4 Å². The van der Waals surface area contributed by atoms with Gasteiger partial charge in [0.15, 0.2) is 0 Å². The minimum atomic E-state index is -4.52. The maximum atomic E-state index is 13.1. The standard InChI is InChI=1S/C23H33F3N4O2/c1-16-6-5-9-19(17(16)2)27-21(31)14-29-10-12-30(13-11-29)15-22(32)28-20-8-4-3-7-18(20)23(24,25)26/h3-4,7-8,16-17,19H,5-6,9-15H2,1-2H3,(H,27,31)(H,28,32)/t16-,17+,19-/m1/s1. The molecule has 0 aromatic heterocycles. The van der Waals surface area contributed by atoms with Crippen molar-refractivity contribution < 1.29 is 22.8 Å². The number of piperazine rings is 1. The van der Waals surface area contributed by atoms with Crippen molar-refractivity contribution in [3.63, 3.8) is 0 Å². The second-order valence-corrected chi connectivity index (χ2v) is 9.09. The quantitative estimate of drug-likeness (QED) is 0.693. The fourth-order valence-corrected chi connectivity index (χ4v) is 4.58. The molecular weight excluding hydrogens is 421 g/mol. The predicted molar refractivity (Wildman–Crippen MR) is 117 cm³/mol. The first-order valence-corrected chi connectivity index (χ1v) is 11.3. The molecule has 1 aromatic carbocycles. The monoisotopic (exact) mass is 454 g/mol. The largest absolute Gasteiger partial charge is 0.418 e. The topological polar surface area (TPSA) is 64.7 Å². The number of carbonyl (C=O) groups is 2. The van der Waals surface area contributed by atoms with Gasteiger partial charge < -0.3 is 10.6 Å². The number of carbonyl (C=O) groups excluding carboxylic acids is 2. The second kappa shape index (κ2) is 10.7. The molecule has 1 saturated heterocycles. The Hall–Kier alpha value is -2.13. The van der Waals surface area contributed by atoms with Crippen LogP contribution >= 0.6 is 0 Å². The average molecular weight is 455 g/mol. The Bertz CT molecular complexity index is 794. The first-order chi connectivity index (χ1) is 15.1. The number of hydrogen-bond acceptors (Lipinski definition) is 4. The Balaban J connectivity index is 1.41. The number of rotatable bonds is 6. The average Bonchev–Trinajstić information content (AvgIpc) is 2.72. The van der Waals surface area contributed by atoms with Gasteiger partial charge in [0.05, 0.1) is 24.3 Å². The minimum absolute atomic E-state index is 0.0176. The third-order valence-electron chi connectivity index (χ3n) is 6.76. The first-order valence-electron chi connectivity index (χ1n) is 11.3. The van der Waals surface area contributed by atoms with Gasteiger partial charge in [0.25, 0.3) is 0 Å². The van der Waals surface area contributed by atoms with E-state index in [1.807, 2.05) is 4.90 Å². The fourth-order valence-electron chi connectivity index (χ4n) is 4.58. The van der Waals surface area contributed by atoms with E-state index in [2.05, 4.69) is 29.4 Å². The molecule has 6 nitrogen and oxygen atoms in total. The van der Waals surface area contributed by atoms with Crippen molar-refractivity contribution in [2.75, 3.05) is 44.6 Å². The predicted octanol–water partition coefficient (Wildman–Crippen LogP) is 3.20. The summed E-state index contributed by atoms with van der Waals surface area (Å²) in [6, 6.07) is 5.20. The number of anilines is 1. The number of benzene rings is 1. The molecule has 1 aliphatic carbocycles. The van der Waals surface area contributed by atoms with Crippen LogP contribution in [0.2, 0.25) is 0 Å². The number of amides is 2. The lowest BCUT2D eigenvalue weighted by Gasteiger charge is -2.36. The Labute approximate surface area is 187 Å². The van der Waals surface area contributed by atoms with E-state index in [1.54, 1.807) is 0 Å². The first kappa shape index (κ1) is 24.5. The molecule has 9 heteroatoms. The lowest BCUT2D eigenvalue weighted by Crippen LogP contribution is -2.52. The van der Waals surface area contributed by atoms with Gasteiger partial charge in [-0.2, -0.15) is 13.2 Å². The SMILES string of the molecule is C[C@H]1[C@H](C)CCC[C@H]1NC(=O)CN1CCN(CC(=O)Nc2ccccc2C(F)(F)F)CC1. The summed E-state index contributed by atoms with van der Waals surface area (Å²) in [5, 5.41) is 5.57. The fraction of sp³-hybridized carbons (Fsp3) is 0.652. The summed E-state index contributed by atoms with van der Waals surface area (Å²) in [5.41, 5.74) is -1.09. The number of para-hydroxylation sites is 1. The van der Waals surface area contributed by atoms with Crippen LogP contribution in [0, 0.1) is 11.8 Å². The summed E-state index contributed by atoms with van der Waals surface area (Å²) in [7, 11) is 0. The molecule has 2 fully saturated rings. The van der Waals surface area contributed by atoms with Crippen LogP contribution in [-0.4, -0.2) is 66.9 Å². The zero-order valence-electron chi connectivity index (χ0n) is 18.8. The number of halogens is 3. The maximum absolute atomic E-state index is 13.1. The van der Waals surface area contributed by atoms with E-state index < -0.39 is 17.6 Å². The van der Waals surface area contributed by atoms with Gasteiger partial charge in [0, 0.05) is 32.2 Å². The number of alkyl halides is 3. The molecule has 0 unspecified atom stereocenters. The Kier molecular flexibility index (Phi) is 8.16. The molecular formula is C23H33F3N4O2. The van der Waals surface area contributed by atoms with Crippen LogP contribution in [-0.2, 0) is 15.8 Å². The molecule has 32 heavy (non-hydrogen) atoms. The summed E-state index contributed by atoms with van der Waals surface area (Å²) in [5.74, 6) is 0.650. The normalized spacial score (nSPS) is 25.3. The van der Waals surface area contributed by atoms with E-state index in [-0.39, 0.29) is 24.2 Å². The van der Waals surface area contributed by atoms with Crippen molar-refractivity contribution in [1.29, 1.82) is 0 Å². The molecule has 3 atom stereocenters. The highest BCUT2D eigenvalue weighted by Gasteiger charge is 2.34. The molecule has 1 aromatic rings. The molecule has 0 bridgehead atoms. The Morgan fingerprint density at radius 2 is 1.56 bits per heavy atom. The summed E-state index contributed by atoms with van der Waals surface area (Å²) in [6.07, 6.45) is -1.14. The van der Waals surface area contributed by atoms with Crippen LogP contribution in [0.5, 0.6) is 0 Å².